The molecule has 130 valence electrons. The summed E-state index contributed by atoms with van der Waals surface area (Å²) in [6.07, 6.45) is 0.530. The van der Waals surface area contributed by atoms with Crippen molar-refractivity contribution in [3.05, 3.63) is 59.5 Å². The number of carboxylic acids is 1. The van der Waals surface area contributed by atoms with Gasteiger partial charge >= 0.3 is 5.97 Å². The lowest BCUT2D eigenvalue weighted by Gasteiger charge is -2.06. The molecular weight excluding hydrogens is 338 g/mol. The minimum absolute atomic E-state index is 0.0182. The van der Waals surface area contributed by atoms with E-state index >= 15 is 0 Å². The number of carbonyl (C=O) groups is 1. The topological polar surface area (TPSA) is 132 Å². The van der Waals surface area contributed by atoms with E-state index in [1.165, 1.54) is 4.68 Å². The number of fused-ring (bicyclic) bond motifs is 1. The second kappa shape index (κ2) is 6.59. The Balaban J connectivity index is 1.51. The van der Waals surface area contributed by atoms with E-state index in [0.717, 1.165) is 16.3 Å². The third kappa shape index (κ3) is 3.07. The zero-order chi connectivity index (χ0) is 17.9. The van der Waals surface area contributed by atoms with Crippen LogP contribution in [0.1, 0.15) is 21.9 Å². The van der Waals surface area contributed by atoms with Gasteiger partial charge < -0.3 is 10.4 Å². The van der Waals surface area contributed by atoms with Crippen molar-refractivity contribution < 1.29 is 14.5 Å². The summed E-state index contributed by atoms with van der Waals surface area (Å²) in [6.45, 7) is 0.129. The highest BCUT2D eigenvalue weighted by Gasteiger charge is 2.17. The second-order valence-corrected chi connectivity index (χ2v) is 5.55. The van der Waals surface area contributed by atoms with Crippen LogP contribution >= 0.6 is 0 Å². The van der Waals surface area contributed by atoms with Crippen LogP contribution in [0.4, 0.5) is 5.82 Å². The first-order valence-electron chi connectivity index (χ1n) is 7.73. The molecule has 0 aliphatic rings. The predicted molar refractivity (Wildman–Crippen MR) is 89.5 cm³/mol. The van der Waals surface area contributed by atoms with E-state index in [1.807, 2.05) is 24.3 Å². The molecule has 0 bridgehead atoms. The Hall–Kier alpha value is -3.82. The molecule has 4 aromatic rings. The molecule has 26 heavy (non-hydrogen) atoms. The van der Waals surface area contributed by atoms with Crippen molar-refractivity contribution in [2.75, 3.05) is 5.32 Å². The molecule has 0 aliphatic heterocycles. The Bertz CT molecular complexity index is 1070. The van der Waals surface area contributed by atoms with Crippen molar-refractivity contribution >= 4 is 22.6 Å². The number of tetrazole rings is 1. The standard InChI is InChI=1S/C16H13N7O3/c24-16(25)14-15(20-26-19-14)17-9-23-13(18-21-22-23)8-10-5-6-11-3-1-2-4-12(11)7-10/h1-7H,8-9H2,(H,17,20)(H,24,25). The van der Waals surface area contributed by atoms with E-state index in [9.17, 15) is 4.79 Å². The lowest BCUT2D eigenvalue weighted by atomic mass is 10.1. The Kier molecular flexibility index (Phi) is 3.98. The molecule has 4 rings (SSSR count). The number of nitrogens with one attached hydrogen (secondary N) is 1. The molecule has 2 aromatic carbocycles. The molecule has 0 saturated heterocycles. The van der Waals surface area contributed by atoms with E-state index in [1.54, 1.807) is 0 Å². The van der Waals surface area contributed by atoms with Crippen molar-refractivity contribution in [2.24, 2.45) is 0 Å². The van der Waals surface area contributed by atoms with E-state index in [4.69, 9.17) is 5.11 Å². The van der Waals surface area contributed by atoms with Gasteiger partial charge in [0.05, 0.1) is 0 Å². The van der Waals surface area contributed by atoms with Gasteiger partial charge in [0.25, 0.3) is 0 Å². The predicted octanol–water partition coefficient (Wildman–Crippen LogP) is 1.57. The Morgan fingerprint density at radius 3 is 2.85 bits per heavy atom. The van der Waals surface area contributed by atoms with Gasteiger partial charge in [0.1, 0.15) is 6.67 Å². The highest BCUT2D eigenvalue weighted by atomic mass is 16.6. The Labute approximate surface area is 146 Å². The number of hydrogen-bond donors (Lipinski definition) is 2. The highest BCUT2D eigenvalue weighted by Crippen LogP contribution is 2.17. The van der Waals surface area contributed by atoms with Gasteiger partial charge in [-0.15, -0.1) is 5.10 Å². The normalized spacial score (nSPS) is 10.9. The summed E-state index contributed by atoms with van der Waals surface area (Å²) >= 11 is 0. The fourth-order valence-electron chi connectivity index (χ4n) is 2.60. The molecule has 10 nitrogen and oxygen atoms in total. The van der Waals surface area contributed by atoms with Gasteiger partial charge in [-0.1, -0.05) is 42.5 Å². The van der Waals surface area contributed by atoms with Crippen LogP contribution in [-0.4, -0.2) is 41.6 Å². The van der Waals surface area contributed by atoms with Crippen molar-refractivity contribution in [3.63, 3.8) is 0 Å². The Morgan fingerprint density at radius 2 is 2.00 bits per heavy atom. The van der Waals surface area contributed by atoms with Crippen LogP contribution in [0.3, 0.4) is 0 Å². The fourth-order valence-corrected chi connectivity index (χ4v) is 2.60. The number of carboxylic acid groups (broad SMARTS) is 1. The molecule has 2 heterocycles. The first kappa shape index (κ1) is 15.7. The molecule has 0 atom stereocenters. The molecule has 0 unspecified atom stereocenters. The quantitative estimate of drug-likeness (QED) is 0.531. The molecule has 0 spiro atoms. The summed E-state index contributed by atoms with van der Waals surface area (Å²) in [5.74, 6) is -0.590. The van der Waals surface area contributed by atoms with Crippen LogP contribution in [-0.2, 0) is 13.1 Å². The smallest absolute Gasteiger partial charge is 0.362 e. The van der Waals surface area contributed by atoms with Crippen LogP contribution in [0.2, 0.25) is 0 Å². The van der Waals surface area contributed by atoms with Crippen molar-refractivity contribution in [2.45, 2.75) is 13.1 Å². The molecule has 2 aromatic heterocycles. The first-order valence-corrected chi connectivity index (χ1v) is 7.73. The van der Waals surface area contributed by atoms with Crippen molar-refractivity contribution in [1.82, 2.24) is 30.5 Å². The molecule has 0 amide bonds. The molecule has 0 saturated carbocycles. The van der Waals surface area contributed by atoms with Crippen LogP contribution in [0.5, 0.6) is 0 Å². The zero-order valence-corrected chi connectivity index (χ0v) is 13.4. The number of aromatic nitrogens is 6. The maximum atomic E-state index is 11.0. The van der Waals surface area contributed by atoms with Gasteiger partial charge in [-0.3, -0.25) is 0 Å². The molecule has 0 fully saturated rings. The average molecular weight is 351 g/mol. The van der Waals surface area contributed by atoms with Crippen LogP contribution in [0, 0.1) is 0 Å². The van der Waals surface area contributed by atoms with Crippen LogP contribution in [0.25, 0.3) is 10.8 Å². The number of nitrogens with zero attached hydrogens (tertiary/aromatic N) is 6. The lowest BCUT2D eigenvalue weighted by Crippen LogP contribution is -2.15. The summed E-state index contributed by atoms with van der Waals surface area (Å²) in [7, 11) is 0. The third-order valence-corrected chi connectivity index (χ3v) is 3.87. The van der Waals surface area contributed by atoms with Gasteiger partial charge in [-0.25, -0.2) is 14.1 Å². The summed E-state index contributed by atoms with van der Waals surface area (Å²) in [5.41, 5.74) is 0.767. The van der Waals surface area contributed by atoms with Gasteiger partial charge in [0.15, 0.2) is 5.82 Å². The van der Waals surface area contributed by atoms with Gasteiger partial charge in [0, 0.05) is 6.42 Å². The number of benzene rings is 2. The molecule has 2 N–H and O–H groups in total. The summed E-state index contributed by atoms with van der Waals surface area (Å²) in [6, 6.07) is 14.3. The third-order valence-electron chi connectivity index (χ3n) is 3.87. The van der Waals surface area contributed by atoms with Crippen LogP contribution in [0.15, 0.2) is 47.1 Å². The van der Waals surface area contributed by atoms with Gasteiger partial charge in [0.2, 0.25) is 11.5 Å². The van der Waals surface area contributed by atoms with E-state index in [0.29, 0.717) is 12.2 Å². The van der Waals surface area contributed by atoms with E-state index in [-0.39, 0.29) is 18.2 Å². The molecule has 10 heteroatoms. The number of hydrogen-bond acceptors (Lipinski definition) is 8. The Morgan fingerprint density at radius 1 is 1.15 bits per heavy atom. The molecule has 0 radical (unpaired) electrons. The summed E-state index contributed by atoms with van der Waals surface area (Å²) in [5, 5.41) is 32.6. The monoisotopic (exact) mass is 351 g/mol. The summed E-state index contributed by atoms with van der Waals surface area (Å²) in [4.78, 5) is 11.0. The number of aromatic carboxylic acids is 1. The largest absolute Gasteiger partial charge is 0.476 e. The number of anilines is 1. The lowest BCUT2D eigenvalue weighted by molar-refractivity contribution is 0.0685. The molecular formula is C16H13N7O3. The maximum absolute atomic E-state index is 11.0. The van der Waals surface area contributed by atoms with E-state index in [2.05, 4.69) is 54.0 Å². The van der Waals surface area contributed by atoms with Crippen molar-refractivity contribution in [1.29, 1.82) is 0 Å². The fraction of sp³-hybridized carbons (Fsp3) is 0.125. The minimum Gasteiger partial charge on any atom is -0.476 e. The van der Waals surface area contributed by atoms with Gasteiger partial charge in [-0.05, 0) is 37.1 Å². The second-order valence-electron chi connectivity index (χ2n) is 5.55. The van der Waals surface area contributed by atoms with Gasteiger partial charge in [-0.2, -0.15) is 0 Å². The first-order chi connectivity index (χ1) is 12.7. The molecule has 0 aliphatic carbocycles. The number of rotatable bonds is 6. The van der Waals surface area contributed by atoms with E-state index < -0.39 is 5.97 Å². The SMILES string of the molecule is O=C(O)c1nonc1NCn1nnnc1Cc1ccc2ccccc2c1. The maximum Gasteiger partial charge on any atom is 0.362 e. The van der Waals surface area contributed by atoms with Crippen molar-refractivity contribution in [3.8, 4) is 0 Å². The summed E-state index contributed by atoms with van der Waals surface area (Å²) < 4.78 is 5.96. The average Bonchev–Trinajstić information content (AvgIpc) is 3.29. The zero-order valence-electron chi connectivity index (χ0n) is 13.4. The van der Waals surface area contributed by atoms with Crippen LogP contribution < -0.4 is 5.32 Å². The highest BCUT2D eigenvalue weighted by molar-refractivity contribution is 5.90. The minimum atomic E-state index is -1.23.